The quantitative estimate of drug-likeness (QED) is 0.714. The van der Waals surface area contributed by atoms with Gasteiger partial charge in [0.1, 0.15) is 0 Å². The minimum atomic E-state index is 0. The van der Waals surface area contributed by atoms with Crippen molar-refractivity contribution in [2.45, 2.75) is 47.2 Å². The summed E-state index contributed by atoms with van der Waals surface area (Å²) in [6, 6.07) is 8.18. The Labute approximate surface area is 158 Å². The molecular formula is C18H25N2OY+. The molecule has 0 N–H and O–H groups in total. The van der Waals surface area contributed by atoms with Crippen molar-refractivity contribution in [1.29, 1.82) is 0 Å². The molecule has 1 radical (unpaired) electrons. The van der Waals surface area contributed by atoms with Crippen LogP contribution in [0.15, 0.2) is 36.7 Å². The molecule has 0 aliphatic carbocycles. The molecule has 4 heteroatoms. The average Bonchev–Trinajstić information content (AvgIpc) is 2.80. The molecular weight excluding hydrogens is 349 g/mol. The summed E-state index contributed by atoms with van der Waals surface area (Å²) >= 11 is 0. The maximum Gasteiger partial charge on any atom is 0.230 e. The molecule has 2 rings (SSSR count). The molecule has 0 saturated carbocycles. The monoisotopic (exact) mass is 374 g/mol. The van der Waals surface area contributed by atoms with E-state index in [-0.39, 0.29) is 38.5 Å². The Morgan fingerprint density at radius 2 is 1.82 bits per heavy atom. The van der Waals surface area contributed by atoms with E-state index in [1.807, 2.05) is 29.2 Å². The van der Waals surface area contributed by atoms with Gasteiger partial charge in [0, 0.05) is 45.2 Å². The van der Waals surface area contributed by atoms with E-state index in [1.54, 1.807) is 0 Å². The smallest absolute Gasteiger partial charge is 0.230 e. The molecule has 22 heavy (non-hydrogen) atoms. The van der Waals surface area contributed by atoms with Crippen molar-refractivity contribution < 1.29 is 42.2 Å². The summed E-state index contributed by atoms with van der Waals surface area (Å²) in [5.41, 5.74) is 3.57. The third-order valence-corrected chi connectivity index (χ3v) is 3.76. The zero-order valence-electron chi connectivity index (χ0n) is 14.0. The minimum Gasteiger partial charge on any atom is -0.292 e. The number of nitrogens with zero attached hydrogens (tertiary/aromatic N) is 2. The molecule has 2 aromatic rings. The fourth-order valence-electron chi connectivity index (χ4n) is 2.65. The van der Waals surface area contributed by atoms with Gasteiger partial charge in [0.05, 0.1) is 12.7 Å². The molecule has 1 aromatic heterocycles. The van der Waals surface area contributed by atoms with Crippen LogP contribution in [0.5, 0.6) is 0 Å². The van der Waals surface area contributed by atoms with E-state index < -0.39 is 0 Å². The molecule has 1 heterocycles. The van der Waals surface area contributed by atoms with Gasteiger partial charge in [-0.1, -0.05) is 32.0 Å². The first-order valence-electron chi connectivity index (χ1n) is 7.59. The van der Waals surface area contributed by atoms with E-state index >= 15 is 0 Å². The van der Waals surface area contributed by atoms with Crippen LogP contribution in [0.1, 0.15) is 30.5 Å². The minimum absolute atomic E-state index is 0. The Bertz CT molecular complexity index is 612. The van der Waals surface area contributed by atoms with Gasteiger partial charge in [-0.3, -0.25) is 4.79 Å². The third kappa shape index (κ3) is 5.13. The Hall–Kier alpha value is -0.796. The summed E-state index contributed by atoms with van der Waals surface area (Å²) in [5, 5.41) is 0. The molecule has 0 bridgehead atoms. The number of carbonyl (C=O) groups is 1. The van der Waals surface area contributed by atoms with E-state index in [9.17, 15) is 4.79 Å². The van der Waals surface area contributed by atoms with Gasteiger partial charge in [0.25, 0.3) is 0 Å². The van der Waals surface area contributed by atoms with Crippen LogP contribution in [0, 0.1) is 19.8 Å². The molecule has 0 atom stereocenters. The van der Waals surface area contributed by atoms with Crippen LogP contribution < -0.4 is 4.68 Å². The number of benzene rings is 1. The van der Waals surface area contributed by atoms with E-state index in [1.165, 1.54) is 16.7 Å². The van der Waals surface area contributed by atoms with Crippen LogP contribution >= 0.6 is 0 Å². The predicted molar refractivity (Wildman–Crippen MR) is 84.1 cm³/mol. The summed E-state index contributed by atoms with van der Waals surface area (Å²) in [5.74, 6) is 0.818. The van der Waals surface area contributed by atoms with E-state index in [0.717, 1.165) is 6.54 Å². The normalized spacial score (nSPS) is 10.6. The number of aromatic nitrogens is 2. The van der Waals surface area contributed by atoms with Crippen molar-refractivity contribution in [2.75, 3.05) is 0 Å². The molecule has 0 amide bonds. The Kier molecular flexibility index (Phi) is 7.64. The number of ketones is 1. The number of carbonyl (C=O) groups excluding carboxylic acids is 1. The number of hydrogen-bond acceptors (Lipinski definition) is 1. The second kappa shape index (κ2) is 8.74. The molecule has 0 unspecified atom stereocenters. The first-order chi connectivity index (χ1) is 9.97. The number of rotatable bonds is 6. The second-order valence-electron chi connectivity index (χ2n) is 6.19. The molecule has 0 saturated heterocycles. The van der Waals surface area contributed by atoms with Crippen molar-refractivity contribution in [3.63, 3.8) is 0 Å². The van der Waals surface area contributed by atoms with E-state index in [0.29, 0.717) is 18.9 Å². The standard InChI is InChI=1S/C18H25N2O.Y/c1-14(2)12-19-9-6-10-20(19)13-17(21)11-18-15(3)7-5-8-16(18)4;/h5-10,14H,11-13H2,1-4H3;/q+1;. The van der Waals surface area contributed by atoms with Crippen LogP contribution in [0.2, 0.25) is 0 Å². The molecule has 0 spiro atoms. The van der Waals surface area contributed by atoms with Crippen molar-refractivity contribution in [1.82, 2.24) is 4.68 Å². The Balaban J connectivity index is 0.00000242. The Morgan fingerprint density at radius 3 is 2.41 bits per heavy atom. The van der Waals surface area contributed by atoms with Crippen molar-refractivity contribution >= 4 is 5.78 Å². The molecule has 3 nitrogen and oxygen atoms in total. The van der Waals surface area contributed by atoms with E-state index in [2.05, 4.69) is 44.5 Å². The average molecular weight is 374 g/mol. The van der Waals surface area contributed by atoms with Gasteiger partial charge >= 0.3 is 0 Å². The molecule has 0 fully saturated rings. The van der Waals surface area contributed by atoms with Crippen molar-refractivity contribution in [3.05, 3.63) is 53.3 Å². The van der Waals surface area contributed by atoms with Gasteiger partial charge in [0.15, 0.2) is 6.20 Å². The maximum atomic E-state index is 12.4. The van der Waals surface area contributed by atoms with Crippen LogP contribution in [0.25, 0.3) is 0 Å². The SMILES string of the molecule is Cc1cccc(C)c1CC(=O)C[n+]1cccn1CC(C)C.[Y]. The first-order valence-corrected chi connectivity index (χ1v) is 7.59. The fourth-order valence-corrected chi connectivity index (χ4v) is 2.65. The largest absolute Gasteiger partial charge is 0.292 e. The maximum absolute atomic E-state index is 12.4. The summed E-state index contributed by atoms with van der Waals surface area (Å²) in [6.07, 6.45) is 4.52. The zero-order valence-corrected chi connectivity index (χ0v) is 16.9. The Morgan fingerprint density at radius 1 is 1.18 bits per heavy atom. The van der Waals surface area contributed by atoms with E-state index in [4.69, 9.17) is 0 Å². The number of Topliss-reactive ketones (excluding diaryl/α,β-unsaturated/α-hetero) is 1. The topological polar surface area (TPSA) is 25.9 Å². The van der Waals surface area contributed by atoms with Crippen LogP contribution in [0.3, 0.4) is 0 Å². The fraction of sp³-hybridized carbons (Fsp3) is 0.444. The summed E-state index contributed by atoms with van der Waals surface area (Å²) in [4.78, 5) is 12.4. The van der Waals surface area contributed by atoms with Crippen LogP contribution in [-0.4, -0.2) is 10.5 Å². The van der Waals surface area contributed by atoms with Gasteiger partial charge in [-0.05, 0) is 36.5 Å². The molecule has 115 valence electrons. The zero-order chi connectivity index (χ0) is 15.4. The summed E-state index contributed by atoms with van der Waals surface area (Å²) < 4.78 is 4.13. The van der Waals surface area contributed by atoms with Crippen LogP contribution in [0.4, 0.5) is 0 Å². The van der Waals surface area contributed by atoms with Crippen molar-refractivity contribution in [2.24, 2.45) is 5.92 Å². The number of aryl methyl sites for hydroxylation is 2. The molecule has 0 aliphatic heterocycles. The van der Waals surface area contributed by atoms with Gasteiger partial charge < -0.3 is 0 Å². The molecule has 1 aromatic carbocycles. The molecule has 0 aliphatic rings. The third-order valence-electron chi connectivity index (χ3n) is 3.76. The first kappa shape index (κ1) is 19.3. The van der Waals surface area contributed by atoms with Gasteiger partial charge in [-0.2, -0.15) is 4.68 Å². The second-order valence-corrected chi connectivity index (χ2v) is 6.19. The van der Waals surface area contributed by atoms with Crippen molar-refractivity contribution in [3.8, 4) is 0 Å². The number of hydrogen-bond donors (Lipinski definition) is 0. The van der Waals surface area contributed by atoms with Gasteiger partial charge in [-0.15, -0.1) is 4.68 Å². The summed E-state index contributed by atoms with van der Waals surface area (Å²) in [7, 11) is 0. The predicted octanol–water partition coefficient (Wildman–Crippen LogP) is 2.86. The van der Waals surface area contributed by atoms with Gasteiger partial charge in [-0.25, -0.2) is 0 Å². The van der Waals surface area contributed by atoms with Crippen LogP contribution in [-0.2, 0) is 57.0 Å². The summed E-state index contributed by atoms with van der Waals surface area (Å²) in [6.45, 7) is 9.89. The van der Waals surface area contributed by atoms with Gasteiger partial charge in [0.2, 0.25) is 12.3 Å².